The number of rotatable bonds is 3. The number of hydrogen-bond acceptors (Lipinski definition) is 10. The third-order valence-corrected chi connectivity index (χ3v) is 11.2. The van der Waals surface area contributed by atoms with Gasteiger partial charge in [0.25, 0.3) is 0 Å². The number of ether oxygens (including phenoxy) is 3. The number of esters is 2. The maximum absolute atomic E-state index is 14.1. The van der Waals surface area contributed by atoms with Gasteiger partial charge in [-0.05, 0) is 37.7 Å². The number of methoxy groups -OCH3 is 1. The molecule has 6 rings (SSSR count). The third-order valence-electron chi connectivity index (χ3n) is 11.2. The van der Waals surface area contributed by atoms with Gasteiger partial charge in [0.2, 0.25) is 0 Å². The number of furan rings is 1. The Bertz CT molecular complexity index is 1190. The fraction of sp³-hybridized carbons (Fsp3) is 0.741. The molecule has 2 aliphatic heterocycles. The van der Waals surface area contributed by atoms with Crippen LogP contribution in [0.3, 0.4) is 0 Å². The van der Waals surface area contributed by atoms with Crippen LogP contribution < -0.4 is 0 Å². The minimum Gasteiger partial charge on any atom is -0.472 e. The van der Waals surface area contributed by atoms with Gasteiger partial charge < -0.3 is 33.9 Å². The van der Waals surface area contributed by atoms with Gasteiger partial charge in [-0.15, -0.1) is 0 Å². The number of fused-ring (bicyclic) bond motifs is 3. The number of aliphatic hydroxyl groups excluding tert-OH is 1. The zero-order valence-electron chi connectivity index (χ0n) is 21.6. The average molecular weight is 519 g/mol. The standard InChI is InChI=1S/C27H34O10/c1-22(2)17(16(29)21(31)34-5)24(4)18(30)14-10-27(37-20(14)22)25(24,32)8-7-23(3)19(13-6-9-35-12-13)36-15(28)11-26(23,27)33/h6,9,12,14,16-17,19-20,29,32-33H,7-8,10-11H2,1-5H3/t14-,16?,17+,19+,20-,23+,24+,25+,26+,27+/m1/s1. The summed E-state index contributed by atoms with van der Waals surface area (Å²) in [5.41, 5.74) is -8.82. The van der Waals surface area contributed by atoms with Crippen molar-refractivity contribution in [2.45, 2.75) is 88.5 Å². The minimum absolute atomic E-state index is 0.0138. The van der Waals surface area contributed by atoms with Crippen molar-refractivity contribution in [3.05, 3.63) is 24.2 Å². The first-order valence-electron chi connectivity index (χ1n) is 12.8. The van der Waals surface area contributed by atoms with E-state index in [2.05, 4.69) is 0 Å². The number of carbonyl (C=O) groups excluding carboxylic acids is 3. The van der Waals surface area contributed by atoms with Crippen LogP contribution in [0.4, 0.5) is 0 Å². The molecule has 3 N–H and O–H groups in total. The second kappa shape index (κ2) is 7.02. The molecule has 10 heteroatoms. The van der Waals surface area contributed by atoms with E-state index in [0.717, 1.165) is 7.11 Å². The zero-order chi connectivity index (χ0) is 27.0. The molecule has 0 radical (unpaired) electrons. The van der Waals surface area contributed by atoms with Crippen LogP contribution in [-0.2, 0) is 28.6 Å². The minimum atomic E-state index is -2.00. The smallest absolute Gasteiger partial charge is 0.335 e. The Balaban J connectivity index is 1.60. The molecule has 1 unspecified atom stereocenters. The van der Waals surface area contributed by atoms with Crippen molar-refractivity contribution >= 4 is 17.7 Å². The summed E-state index contributed by atoms with van der Waals surface area (Å²) in [4.78, 5) is 39.8. The Morgan fingerprint density at radius 1 is 1.14 bits per heavy atom. The predicted molar refractivity (Wildman–Crippen MR) is 124 cm³/mol. The Hall–Kier alpha value is -2.27. The molecule has 10 nitrogen and oxygen atoms in total. The van der Waals surface area contributed by atoms with Crippen LogP contribution >= 0.6 is 0 Å². The molecule has 1 aromatic rings. The molecule has 0 aromatic carbocycles. The molecule has 3 bridgehead atoms. The molecule has 0 amide bonds. The van der Waals surface area contributed by atoms with Crippen molar-refractivity contribution in [2.24, 2.45) is 28.1 Å². The summed E-state index contributed by atoms with van der Waals surface area (Å²) in [6.45, 7) is 6.99. The van der Waals surface area contributed by atoms with Gasteiger partial charge >= 0.3 is 11.9 Å². The van der Waals surface area contributed by atoms with E-state index in [1.165, 1.54) is 12.5 Å². The highest BCUT2D eigenvalue weighted by atomic mass is 16.6. The molecule has 37 heavy (non-hydrogen) atoms. The molecule has 202 valence electrons. The van der Waals surface area contributed by atoms with E-state index in [1.807, 2.05) is 6.92 Å². The lowest BCUT2D eigenvalue weighted by atomic mass is 9.35. The van der Waals surface area contributed by atoms with E-state index in [0.29, 0.717) is 5.56 Å². The van der Waals surface area contributed by atoms with E-state index in [-0.39, 0.29) is 25.0 Å². The van der Waals surface area contributed by atoms with Gasteiger partial charge in [0.15, 0.2) is 6.10 Å². The van der Waals surface area contributed by atoms with E-state index in [4.69, 9.17) is 18.6 Å². The number of Topliss-reactive ketones (excluding diaryl/α,β-unsaturated/α-hetero) is 1. The first-order valence-corrected chi connectivity index (χ1v) is 12.8. The van der Waals surface area contributed by atoms with E-state index in [1.54, 1.807) is 26.8 Å². The highest BCUT2D eigenvalue weighted by Crippen LogP contribution is 2.78. The van der Waals surface area contributed by atoms with Gasteiger partial charge in [-0.2, -0.15) is 0 Å². The number of hydrogen-bond donors (Lipinski definition) is 3. The van der Waals surface area contributed by atoms with Crippen LogP contribution in [0.1, 0.15) is 65.0 Å². The Labute approximate surface area is 214 Å². The van der Waals surface area contributed by atoms with Gasteiger partial charge in [-0.25, -0.2) is 4.79 Å². The van der Waals surface area contributed by atoms with Crippen LogP contribution in [0.5, 0.6) is 0 Å². The molecule has 10 atom stereocenters. The van der Waals surface area contributed by atoms with Crippen molar-refractivity contribution in [3.8, 4) is 0 Å². The lowest BCUT2D eigenvalue weighted by Gasteiger charge is -2.71. The monoisotopic (exact) mass is 518 g/mol. The summed E-state index contributed by atoms with van der Waals surface area (Å²) in [5.74, 6) is -3.64. The van der Waals surface area contributed by atoms with Gasteiger partial charge in [0.05, 0.1) is 37.6 Å². The summed E-state index contributed by atoms with van der Waals surface area (Å²) in [7, 11) is 1.15. The maximum atomic E-state index is 14.1. The number of ketones is 1. The quantitative estimate of drug-likeness (QED) is 0.501. The van der Waals surface area contributed by atoms with Crippen molar-refractivity contribution in [1.29, 1.82) is 0 Å². The molecule has 5 aliphatic rings. The second-order valence-corrected chi connectivity index (χ2v) is 12.8. The molecule has 5 fully saturated rings. The van der Waals surface area contributed by atoms with Crippen LogP contribution in [0.2, 0.25) is 0 Å². The number of aliphatic hydroxyl groups is 3. The lowest BCUT2D eigenvalue weighted by Crippen LogP contribution is -2.85. The molecule has 3 heterocycles. The summed E-state index contributed by atoms with van der Waals surface area (Å²) >= 11 is 0. The van der Waals surface area contributed by atoms with Crippen LogP contribution in [0.15, 0.2) is 23.0 Å². The molecule has 3 aliphatic carbocycles. The fourth-order valence-corrected chi connectivity index (χ4v) is 9.49. The summed E-state index contributed by atoms with van der Waals surface area (Å²) in [5, 5.41) is 36.8. The van der Waals surface area contributed by atoms with E-state index in [9.17, 15) is 29.7 Å². The highest BCUT2D eigenvalue weighted by Gasteiger charge is 2.90. The Morgan fingerprint density at radius 2 is 1.84 bits per heavy atom. The van der Waals surface area contributed by atoms with E-state index < -0.39 is 81.6 Å². The molecule has 2 saturated heterocycles. The molecule has 1 spiro atoms. The SMILES string of the molecule is COC(=O)C(O)[C@H]1C(C)(C)[C@@H]2O[C@@]34C[C@@H]2C(=O)[C@@]1(C)[C@@]3(O)CC[C@@]1(C)[C@H](c2ccoc2)OC(=O)C[C@@]41O. The summed E-state index contributed by atoms with van der Waals surface area (Å²) in [6.07, 6.45) is -0.701. The predicted octanol–water partition coefficient (Wildman–Crippen LogP) is 1.45. The van der Waals surface area contributed by atoms with Gasteiger partial charge in [0.1, 0.15) is 28.7 Å². The third kappa shape index (κ3) is 2.41. The second-order valence-electron chi connectivity index (χ2n) is 12.8. The molecular weight excluding hydrogens is 484 g/mol. The van der Waals surface area contributed by atoms with Crippen molar-refractivity contribution in [1.82, 2.24) is 0 Å². The van der Waals surface area contributed by atoms with E-state index >= 15 is 0 Å². The zero-order valence-corrected chi connectivity index (χ0v) is 21.6. The van der Waals surface area contributed by atoms with Crippen LogP contribution in [0, 0.1) is 28.1 Å². The summed E-state index contributed by atoms with van der Waals surface area (Å²) < 4.78 is 22.6. The van der Waals surface area contributed by atoms with Crippen molar-refractivity contribution < 1.29 is 48.3 Å². The van der Waals surface area contributed by atoms with Crippen LogP contribution in [-0.4, -0.2) is 69.2 Å². The normalized spacial score (nSPS) is 50.2. The molecule has 3 saturated carbocycles. The maximum Gasteiger partial charge on any atom is 0.335 e. The van der Waals surface area contributed by atoms with Gasteiger partial charge in [-0.1, -0.05) is 20.8 Å². The lowest BCUT2D eigenvalue weighted by molar-refractivity contribution is -0.359. The first kappa shape index (κ1) is 25.0. The van der Waals surface area contributed by atoms with Crippen LogP contribution in [0.25, 0.3) is 0 Å². The van der Waals surface area contributed by atoms with Crippen molar-refractivity contribution in [3.63, 3.8) is 0 Å². The first-order chi connectivity index (χ1) is 17.2. The summed E-state index contributed by atoms with van der Waals surface area (Å²) in [6, 6.07) is 1.67. The number of carbonyl (C=O) groups is 3. The van der Waals surface area contributed by atoms with Crippen molar-refractivity contribution in [2.75, 3.05) is 7.11 Å². The number of cyclic esters (lactones) is 1. The van der Waals surface area contributed by atoms with Gasteiger partial charge in [-0.3, -0.25) is 9.59 Å². The highest BCUT2D eigenvalue weighted by molar-refractivity contribution is 5.94. The average Bonchev–Trinajstić information content (AvgIpc) is 3.50. The topological polar surface area (TPSA) is 153 Å². The largest absolute Gasteiger partial charge is 0.472 e. The van der Waals surface area contributed by atoms with Gasteiger partial charge in [0, 0.05) is 22.8 Å². The molecular formula is C27H34O10. The Morgan fingerprint density at radius 3 is 2.46 bits per heavy atom. The fourth-order valence-electron chi connectivity index (χ4n) is 9.49. The Kier molecular flexibility index (Phi) is 4.75. The molecule has 1 aromatic heterocycles.